The summed E-state index contributed by atoms with van der Waals surface area (Å²) in [5, 5.41) is 6.90. The van der Waals surface area contributed by atoms with Crippen molar-refractivity contribution in [1.82, 2.24) is 5.32 Å². The summed E-state index contributed by atoms with van der Waals surface area (Å²) >= 11 is 5.29. The lowest BCUT2D eigenvalue weighted by atomic mass is 10.3. The third-order valence-electron chi connectivity index (χ3n) is 2.97. The molecule has 4 nitrogen and oxygen atoms in total. The Morgan fingerprint density at radius 2 is 1.68 bits per heavy atom. The van der Waals surface area contributed by atoms with E-state index in [4.69, 9.17) is 21.7 Å². The summed E-state index contributed by atoms with van der Waals surface area (Å²) in [6.07, 6.45) is 0. The van der Waals surface area contributed by atoms with Crippen molar-refractivity contribution in [2.24, 2.45) is 0 Å². The van der Waals surface area contributed by atoms with Crippen LogP contribution in [0.4, 0.5) is 5.69 Å². The van der Waals surface area contributed by atoms with Gasteiger partial charge in [0.15, 0.2) is 16.6 Å². The molecule has 0 radical (unpaired) electrons. The van der Waals surface area contributed by atoms with Gasteiger partial charge >= 0.3 is 0 Å². The summed E-state index contributed by atoms with van der Waals surface area (Å²) in [6.45, 7) is 2.49. The van der Waals surface area contributed by atoms with Gasteiger partial charge in [0, 0.05) is 5.69 Å². The van der Waals surface area contributed by atoms with Gasteiger partial charge in [0.25, 0.3) is 0 Å². The molecule has 1 atom stereocenters. The van der Waals surface area contributed by atoms with Crippen LogP contribution < -0.4 is 20.1 Å². The Kier molecular flexibility index (Phi) is 6.03. The number of nitrogens with one attached hydrogen (secondary N) is 2. The predicted octanol–water partition coefficient (Wildman–Crippen LogP) is 3.45. The second kappa shape index (κ2) is 8.24. The van der Waals surface area contributed by atoms with Crippen molar-refractivity contribution in [3.8, 4) is 11.5 Å². The molecule has 22 heavy (non-hydrogen) atoms. The number of thiocarbonyl (C=S) groups is 1. The molecule has 0 fully saturated rings. The molecule has 116 valence electrons. The minimum atomic E-state index is 0.0635. The Balaban J connectivity index is 1.80. The molecule has 0 aliphatic carbocycles. The van der Waals surface area contributed by atoms with Crippen LogP contribution in [0.1, 0.15) is 6.92 Å². The van der Waals surface area contributed by atoms with Crippen LogP contribution in [0.2, 0.25) is 0 Å². The second-order valence-corrected chi connectivity index (χ2v) is 5.24. The quantitative estimate of drug-likeness (QED) is 0.799. The van der Waals surface area contributed by atoms with Crippen molar-refractivity contribution in [3.63, 3.8) is 0 Å². The van der Waals surface area contributed by atoms with Gasteiger partial charge in [-0.05, 0) is 43.4 Å². The second-order valence-electron chi connectivity index (χ2n) is 4.83. The highest BCUT2D eigenvalue weighted by Crippen LogP contribution is 2.25. The fourth-order valence-corrected chi connectivity index (χ4v) is 2.23. The van der Waals surface area contributed by atoms with Gasteiger partial charge < -0.3 is 20.1 Å². The zero-order valence-electron chi connectivity index (χ0n) is 12.7. The standard InChI is InChI=1S/C17H20N2O2S/c1-13(12-21-16-11-7-6-10-15(16)20-2)18-17(22)19-14-8-4-3-5-9-14/h3-11,13H,12H2,1-2H3,(H2,18,19,22)/t13-/m0/s1. The van der Waals surface area contributed by atoms with Crippen LogP contribution in [0.5, 0.6) is 11.5 Å². The first kappa shape index (κ1) is 16.1. The number of rotatable bonds is 6. The lowest BCUT2D eigenvalue weighted by Gasteiger charge is -2.18. The van der Waals surface area contributed by atoms with E-state index in [-0.39, 0.29) is 6.04 Å². The Hall–Kier alpha value is -2.27. The molecular weight excluding hydrogens is 296 g/mol. The van der Waals surface area contributed by atoms with Crippen molar-refractivity contribution < 1.29 is 9.47 Å². The Morgan fingerprint density at radius 1 is 1.05 bits per heavy atom. The van der Waals surface area contributed by atoms with E-state index in [9.17, 15) is 0 Å². The van der Waals surface area contributed by atoms with Crippen LogP contribution in [0.15, 0.2) is 54.6 Å². The molecule has 0 saturated heterocycles. The molecule has 5 heteroatoms. The van der Waals surface area contributed by atoms with Crippen molar-refractivity contribution in [2.75, 3.05) is 19.0 Å². The van der Waals surface area contributed by atoms with Crippen LogP contribution in [0.25, 0.3) is 0 Å². The molecule has 0 spiro atoms. The van der Waals surface area contributed by atoms with E-state index in [0.29, 0.717) is 11.7 Å². The molecule has 2 rings (SSSR count). The molecule has 2 N–H and O–H groups in total. The van der Waals surface area contributed by atoms with Gasteiger partial charge in [-0.15, -0.1) is 0 Å². The Bertz CT molecular complexity index is 605. The third-order valence-corrected chi connectivity index (χ3v) is 3.19. The van der Waals surface area contributed by atoms with Crippen LogP contribution in [-0.4, -0.2) is 24.9 Å². The van der Waals surface area contributed by atoms with Gasteiger partial charge in [-0.2, -0.15) is 0 Å². The largest absolute Gasteiger partial charge is 0.493 e. The van der Waals surface area contributed by atoms with Gasteiger partial charge in [0.1, 0.15) is 6.61 Å². The molecule has 0 amide bonds. The molecule has 0 aliphatic rings. The first-order valence-electron chi connectivity index (χ1n) is 7.07. The first-order chi connectivity index (χ1) is 10.7. The van der Waals surface area contributed by atoms with Gasteiger partial charge in [-0.1, -0.05) is 30.3 Å². The maximum Gasteiger partial charge on any atom is 0.171 e. The van der Waals surface area contributed by atoms with E-state index in [1.807, 2.05) is 61.5 Å². The lowest BCUT2D eigenvalue weighted by Crippen LogP contribution is -2.39. The normalized spacial score (nSPS) is 11.4. The minimum absolute atomic E-state index is 0.0635. The highest BCUT2D eigenvalue weighted by molar-refractivity contribution is 7.80. The molecule has 2 aromatic carbocycles. The number of ether oxygens (including phenoxy) is 2. The average molecular weight is 316 g/mol. The number of anilines is 1. The van der Waals surface area contributed by atoms with E-state index < -0.39 is 0 Å². The monoisotopic (exact) mass is 316 g/mol. The van der Waals surface area contributed by atoms with Crippen LogP contribution in [-0.2, 0) is 0 Å². The summed E-state index contributed by atoms with van der Waals surface area (Å²) in [5.41, 5.74) is 0.956. The van der Waals surface area contributed by atoms with E-state index in [1.54, 1.807) is 7.11 Å². The van der Waals surface area contributed by atoms with Crippen LogP contribution in [0, 0.1) is 0 Å². The van der Waals surface area contributed by atoms with Gasteiger partial charge in [-0.3, -0.25) is 0 Å². The Morgan fingerprint density at radius 3 is 2.36 bits per heavy atom. The number of hydrogen-bond acceptors (Lipinski definition) is 3. The zero-order chi connectivity index (χ0) is 15.8. The van der Waals surface area contributed by atoms with Crippen molar-refractivity contribution >= 4 is 23.0 Å². The maximum absolute atomic E-state index is 5.77. The summed E-state index contributed by atoms with van der Waals surface area (Å²) in [6, 6.07) is 17.4. The van der Waals surface area contributed by atoms with E-state index in [1.165, 1.54) is 0 Å². The summed E-state index contributed by atoms with van der Waals surface area (Å²) in [4.78, 5) is 0. The fourth-order valence-electron chi connectivity index (χ4n) is 1.91. The van der Waals surface area contributed by atoms with Crippen molar-refractivity contribution in [2.45, 2.75) is 13.0 Å². The summed E-state index contributed by atoms with van der Waals surface area (Å²) < 4.78 is 11.0. The molecule has 0 aromatic heterocycles. The molecule has 0 unspecified atom stereocenters. The molecule has 0 heterocycles. The third kappa shape index (κ3) is 4.93. The maximum atomic E-state index is 5.77. The summed E-state index contributed by atoms with van der Waals surface area (Å²) in [7, 11) is 1.63. The SMILES string of the molecule is COc1ccccc1OC[C@H](C)NC(=S)Nc1ccccc1. The molecule has 0 bridgehead atoms. The minimum Gasteiger partial charge on any atom is -0.493 e. The van der Waals surface area contributed by atoms with Crippen molar-refractivity contribution in [3.05, 3.63) is 54.6 Å². The van der Waals surface area contributed by atoms with Crippen LogP contribution in [0.3, 0.4) is 0 Å². The zero-order valence-corrected chi connectivity index (χ0v) is 13.5. The van der Waals surface area contributed by atoms with E-state index >= 15 is 0 Å². The number of benzene rings is 2. The Labute approximate surface area is 136 Å². The molecular formula is C17H20N2O2S. The molecule has 0 aliphatic heterocycles. The van der Waals surface area contributed by atoms with Gasteiger partial charge in [0.2, 0.25) is 0 Å². The number of hydrogen-bond donors (Lipinski definition) is 2. The molecule has 2 aromatic rings. The highest BCUT2D eigenvalue weighted by atomic mass is 32.1. The molecule has 0 saturated carbocycles. The van der Waals surface area contributed by atoms with Gasteiger partial charge in [0.05, 0.1) is 13.2 Å². The van der Waals surface area contributed by atoms with E-state index in [0.717, 1.165) is 17.2 Å². The fraction of sp³-hybridized carbons (Fsp3) is 0.235. The topological polar surface area (TPSA) is 42.5 Å². The number of para-hydroxylation sites is 3. The highest BCUT2D eigenvalue weighted by Gasteiger charge is 2.08. The van der Waals surface area contributed by atoms with E-state index in [2.05, 4.69) is 10.6 Å². The predicted molar refractivity (Wildman–Crippen MR) is 93.7 cm³/mol. The van der Waals surface area contributed by atoms with Crippen molar-refractivity contribution in [1.29, 1.82) is 0 Å². The smallest absolute Gasteiger partial charge is 0.171 e. The first-order valence-corrected chi connectivity index (χ1v) is 7.48. The average Bonchev–Trinajstić information content (AvgIpc) is 2.54. The number of methoxy groups -OCH3 is 1. The summed E-state index contributed by atoms with van der Waals surface area (Å²) in [5.74, 6) is 1.44. The van der Waals surface area contributed by atoms with Crippen LogP contribution >= 0.6 is 12.2 Å². The lowest BCUT2D eigenvalue weighted by molar-refractivity contribution is 0.270. The van der Waals surface area contributed by atoms with Gasteiger partial charge in [-0.25, -0.2) is 0 Å².